The number of nitro groups is 1. The highest BCUT2D eigenvalue weighted by Crippen LogP contribution is 2.29. The number of thioether (sulfide) groups is 1. The topological polar surface area (TPSA) is 43.1 Å². The zero-order chi connectivity index (χ0) is 11.3. The Morgan fingerprint density at radius 2 is 2.27 bits per heavy atom. The van der Waals surface area contributed by atoms with E-state index in [2.05, 4.69) is 15.9 Å². The van der Waals surface area contributed by atoms with Gasteiger partial charge < -0.3 is 0 Å². The molecule has 0 N–H and O–H groups in total. The molecule has 0 atom stereocenters. The molecule has 0 unspecified atom stereocenters. The number of allylic oxidation sites excluding steroid dienone is 1. The van der Waals surface area contributed by atoms with Gasteiger partial charge in [-0.2, -0.15) is 0 Å². The Morgan fingerprint density at radius 1 is 1.60 bits per heavy atom. The molecule has 0 aliphatic heterocycles. The molecule has 0 aromatic heterocycles. The van der Waals surface area contributed by atoms with E-state index in [0.29, 0.717) is 6.42 Å². The summed E-state index contributed by atoms with van der Waals surface area (Å²) in [5.74, 6) is 0. The molecule has 1 aromatic carbocycles. The Hall–Kier alpha value is -0.810. The van der Waals surface area contributed by atoms with Crippen molar-refractivity contribution in [2.24, 2.45) is 0 Å². The highest BCUT2D eigenvalue weighted by atomic mass is 79.9. The van der Waals surface area contributed by atoms with Crippen LogP contribution in [-0.4, -0.2) is 4.92 Å². The first kappa shape index (κ1) is 12.3. The van der Waals surface area contributed by atoms with Gasteiger partial charge in [-0.3, -0.25) is 10.1 Å². The lowest BCUT2D eigenvalue weighted by molar-refractivity contribution is -0.427. The van der Waals surface area contributed by atoms with Crippen molar-refractivity contribution >= 4 is 27.7 Å². The third-order valence-electron chi connectivity index (χ3n) is 1.76. The van der Waals surface area contributed by atoms with Gasteiger partial charge in [-0.15, -0.1) is 0 Å². The summed E-state index contributed by atoms with van der Waals surface area (Å²) >= 11 is 4.74. The Labute approximate surface area is 101 Å². The number of halogens is 1. The number of benzene rings is 1. The van der Waals surface area contributed by atoms with E-state index >= 15 is 0 Å². The van der Waals surface area contributed by atoms with Gasteiger partial charge in [0.1, 0.15) is 0 Å². The predicted molar refractivity (Wildman–Crippen MR) is 65.4 cm³/mol. The predicted octanol–water partition coefficient (Wildman–Crippen LogP) is 4.07. The smallest absolute Gasteiger partial charge is 0.252 e. The van der Waals surface area contributed by atoms with Crippen molar-refractivity contribution in [1.29, 1.82) is 0 Å². The first-order valence-electron chi connectivity index (χ1n) is 4.39. The minimum absolute atomic E-state index is 0.232. The second kappa shape index (κ2) is 5.92. The molecule has 0 radical (unpaired) electrons. The number of rotatable bonds is 4. The molecule has 80 valence electrons. The van der Waals surface area contributed by atoms with Gasteiger partial charge in [0, 0.05) is 21.2 Å². The highest BCUT2D eigenvalue weighted by Gasteiger charge is 2.07. The summed E-state index contributed by atoms with van der Waals surface area (Å²) in [6, 6.07) is 7.64. The van der Waals surface area contributed by atoms with Gasteiger partial charge in [-0.25, -0.2) is 0 Å². The van der Waals surface area contributed by atoms with Crippen LogP contribution < -0.4 is 0 Å². The van der Waals surface area contributed by atoms with E-state index in [1.807, 2.05) is 24.3 Å². The molecule has 1 aromatic rings. The first-order valence-corrected chi connectivity index (χ1v) is 6.07. The van der Waals surface area contributed by atoms with Crippen LogP contribution in [0.2, 0.25) is 0 Å². The third kappa shape index (κ3) is 3.68. The summed E-state index contributed by atoms with van der Waals surface area (Å²) in [4.78, 5) is 11.2. The molecule has 0 aliphatic rings. The fourth-order valence-electron chi connectivity index (χ4n) is 0.927. The average Bonchev–Trinajstić information content (AvgIpc) is 2.21. The Balaban J connectivity index is 2.79. The molecule has 15 heavy (non-hydrogen) atoms. The van der Waals surface area contributed by atoms with Crippen molar-refractivity contribution in [1.82, 2.24) is 0 Å². The van der Waals surface area contributed by atoms with Gasteiger partial charge in [-0.05, 0) is 28.1 Å². The van der Waals surface area contributed by atoms with E-state index in [9.17, 15) is 10.1 Å². The van der Waals surface area contributed by atoms with Gasteiger partial charge in [0.05, 0.1) is 4.92 Å². The standard InChI is InChI=1S/C10H10BrNO2S/c1-2-8(12(13)14)7-15-10-6-4-3-5-9(10)11/h3-7H,2H2,1H3. The summed E-state index contributed by atoms with van der Waals surface area (Å²) in [7, 11) is 0. The monoisotopic (exact) mass is 287 g/mol. The maximum absolute atomic E-state index is 10.5. The van der Waals surface area contributed by atoms with E-state index in [1.54, 1.807) is 12.3 Å². The van der Waals surface area contributed by atoms with Crippen LogP contribution in [0.25, 0.3) is 0 Å². The molecular weight excluding hydrogens is 278 g/mol. The fraction of sp³-hybridized carbons (Fsp3) is 0.200. The van der Waals surface area contributed by atoms with Crippen LogP contribution in [0.5, 0.6) is 0 Å². The number of hydrogen-bond acceptors (Lipinski definition) is 3. The van der Waals surface area contributed by atoms with Crippen LogP contribution in [0.15, 0.2) is 44.7 Å². The van der Waals surface area contributed by atoms with Crippen LogP contribution in [0.3, 0.4) is 0 Å². The van der Waals surface area contributed by atoms with Gasteiger partial charge >= 0.3 is 0 Å². The zero-order valence-corrected chi connectivity index (χ0v) is 10.5. The third-order valence-corrected chi connectivity index (χ3v) is 3.71. The van der Waals surface area contributed by atoms with E-state index in [1.165, 1.54) is 11.8 Å². The largest absolute Gasteiger partial charge is 0.259 e. The molecule has 1 rings (SSSR count). The molecular formula is C10H10BrNO2S. The summed E-state index contributed by atoms with van der Waals surface area (Å²) in [6.07, 6.45) is 0.435. The lowest BCUT2D eigenvalue weighted by atomic mass is 10.4. The summed E-state index contributed by atoms with van der Waals surface area (Å²) in [5, 5.41) is 12.1. The highest BCUT2D eigenvalue weighted by molar-refractivity contribution is 9.10. The van der Waals surface area contributed by atoms with Gasteiger partial charge in [0.25, 0.3) is 5.70 Å². The Kier molecular flexibility index (Phi) is 4.84. The lowest BCUT2D eigenvalue weighted by Gasteiger charge is -1.99. The van der Waals surface area contributed by atoms with E-state index in [0.717, 1.165) is 9.37 Å². The SMILES string of the molecule is CCC(=CSc1ccccc1Br)[N+](=O)[O-]. The van der Waals surface area contributed by atoms with Crippen molar-refractivity contribution in [3.8, 4) is 0 Å². The second-order valence-corrected chi connectivity index (χ2v) is 4.53. The molecule has 3 nitrogen and oxygen atoms in total. The maximum atomic E-state index is 10.5. The van der Waals surface area contributed by atoms with Crippen molar-refractivity contribution in [3.05, 3.63) is 50.0 Å². The Bertz CT molecular complexity index is 393. The number of hydrogen-bond donors (Lipinski definition) is 0. The van der Waals surface area contributed by atoms with Crippen molar-refractivity contribution in [2.75, 3.05) is 0 Å². The van der Waals surface area contributed by atoms with Gasteiger partial charge in [-0.1, -0.05) is 30.8 Å². The van der Waals surface area contributed by atoms with Crippen LogP contribution in [-0.2, 0) is 0 Å². The summed E-state index contributed by atoms with van der Waals surface area (Å²) in [5.41, 5.74) is 0.232. The van der Waals surface area contributed by atoms with Crippen molar-refractivity contribution in [3.63, 3.8) is 0 Å². The minimum atomic E-state index is -0.343. The van der Waals surface area contributed by atoms with Crippen LogP contribution in [0.1, 0.15) is 13.3 Å². The molecule has 5 heteroatoms. The summed E-state index contributed by atoms with van der Waals surface area (Å²) in [6.45, 7) is 1.77. The molecule has 0 saturated heterocycles. The number of nitrogens with zero attached hydrogens (tertiary/aromatic N) is 1. The van der Waals surface area contributed by atoms with Gasteiger partial charge in [0.2, 0.25) is 0 Å². The maximum Gasteiger partial charge on any atom is 0.252 e. The van der Waals surface area contributed by atoms with E-state index in [-0.39, 0.29) is 10.6 Å². The Morgan fingerprint density at radius 3 is 2.80 bits per heavy atom. The molecule has 0 amide bonds. The quantitative estimate of drug-likeness (QED) is 0.476. The van der Waals surface area contributed by atoms with Crippen LogP contribution in [0.4, 0.5) is 0 Å². The molecule has 0 heterocycles. The van der Waals surface area contributed by atoms with E-state index < -0.39 is 0 Å². The average molecular weight is 288 g/mol. The molecule has 0 spiro atoms. The van der Waals surface area contributed by atoms with Crippen LogP contribution >= 0.6 is 27.7 Å². The molecule has 0 bridgehead atoms. The fourth-order valence-corrected chi connectivity index (χ4v) is 2.35. The zero-order valence-electron chi connectivity index (χ0n) is 8.14. The lowest BCUT2D eigenvalue weighted by Crippen LogP contribution is -1.95. The molecule has 0 aliphatic carbocycles. The minimum Gasteiger partial charge on any atom is -0.259 e. The normalized spacial score (nSPS) is 11.5. The van der Waals surface area contributed by atoms with Crippen molar-refractivity contribution in [2.45, 2.75) is 18.2 Å². The van der Waals surface area contributed by atoms with E-state index in [4.69, 9.17) is 0 Å². The molecule has 0 fully saturated rings. The second-order valence-electron chi connectivity index (χ2n) is 2.77. The van der Waals surface area contributed by atoms with Crippen LogP contribution in [0, 0.1) is 10.1 Å². The van der Waals surface area contributed by atoms with Gasteiger partial charge in [0.15, 0.2) is 0 Å². The van der Waals surface area contributed by atoms with Crippen molar-refractivity contribution < 1.29 is 4.92 Å². The molecule has 0 saturated carbocycles. The first-order chi connectivity index (χ1) is 7.15. The summed E-state index contributed by atoms with van der Waals surface area (Å²) < 4.78 is 0.949.